The first kappa shape index (κ1) is 19.2. The van der Waals surface area contributed by atoms with E-state index in [0.717, 1.165) is 17.7 Å². The molecule has 0 unspecified atom stereocenters. The lowest BCUT2D eigenvalue weighted by Gasteiger charge is -2.16. The van der Waals surface area contributed by atoms with E-state index in [-0.39, 0.29) is 16.7 Å². The van der Waals surface area contributed by atoms with Crippen LogP contribution < -0.4 is 10.9 Å². The van der Waals surface area contributed by atoms with Gasteiger partial charge in [-0.2, -0.15) is 0 Å². The van der Waals surface area contributed by atoms with Crippen molar-refractivity contribution < 1.29 is 4.79 Å². The molecule has 6 heteroatoms. The van der Waals surface area contributed by atoms with Gasteiger partial charge in [0.1, 0.15) is 0 Å². The SMILES string of the molecule is CCCn1c(S[C@@H](C)C(=O)Nc2cccc(C)c2)nc2ccccc2c1=O. The highest BCUT2D eigenvalue weighted by Gasteiger charge is 2.19. The lowest BCUT2D eigenvalue weighted by Crippen LogP contribution is -2.27. The Labute approximate surface area is 162 Å². The number of thioether (sulfide) groups is 1. The van der Waals surface area contributed by atoms with Crippen LogP contribution in [0.3, 0.4) is 0 Å². The molecule has 0 bridgehead atoms. The number of hydrogen-bond acceptors (Lipinski definition) is 4. The van der Waals surface area contributed by atoms with Crippen LogP contribution in [0.25, 0.3) is 10.9 Å². The summed E-state index contributed by atoms with van der Waals surface area (Å²) < 4.78 is 1.67. The fourth-order valence-corrected chi connectivity index (χ4v) is 3.77. The molecule has 140 valence electrons. The van der Waals surface area contributed by atoms with E-state index in [1.165, 1.54) is 11.8 Å². The third-order valence-corrected chi connectivity index (χ3v) is 5.30. The summed E-state index contributed by atoms with van der Waals surface area (Å²) in [6.45, 7) is 6.40. The normalized spacial score (nSPS) is 12.1. The maximum atomic E-state index is 12.8. The topological polar surface area (TPSA) is 64.0 Å². The maximum Gasteiger partial charge on any atom is 0.262 e. The molecule has 1 heterocycles. The quantitative estimate of drug-likeness (QED) is 0.512. The predicted molar refractivity (Wildman–Crippen MR) is 111 cm³/mol. The highest BCUT2D eigenvalue weighted by atomic mass is 32.2. The summed E-state index contributed by atoms with van der Waals surface area (Å²) in [6, 6.07) is 15.0. The summed E-state index contributed by atoms with van der Waals surface area (Å²) in [7, 11) is 0. The van der Waals surface area contributed by atoms with Crippen LogP contribution in [0.2, 0.25) is 0 Å². The number of para-hydroxylation sites is 1. The van der Waals surface area contributed by atoms with Crippen LogP contribution in [0.15, 0.2) is 58.5 Å². The molecule has 0 radical (unpaired) electrons. The van der Waals surface area contributed by atoms with Gasteiger partial charge in [0.05, 0.1) is 16.2 Å². The van der Waals surface area contributed by atoms with E-state index < -0.39 is 0 Å². The monoisotopic (exact) mass is 381 g/mol. The lowest BCUT2D eigenvalue weighted by atomic mass is 10.2. The van der Waals surface area contributed by atoms with Crippen molar-refractivity contribution in [2.75, 3.05) is 5.32 Å². The Morgan fingerprint density at radius 2 is 2.00 bits per heavy atom. The summed E-state index contributed by atoms with van der Waals surface area (Å²) in [5, 5.41) is 3.72. The highest BCUT2D eigenvalue weighted by molar-refractivity contribution is 8.00. The fraction of sp³-hybridized carbons (Fsp3) is 0.286. The number of carbonyl (C=O) groups is 1. The Balaban J connectivity index is 1.87. The van der Waals surface area contributed by atoms with Crippen molar-refractivity contribution in [3.63, 3.8) is 0 Å². The van der Waals surface area contributed by atoms with Gasteiger partial charge in [0.2, 0.25) is 5.91 Å². The average Bonchev–Trinajstić information content (AvgIpc) is 2.65. The minimum atomic E-state index is -0.387. The van der Waals surface area contributed by atoms with Crippen LogP contribution in [0.5, 0.6) is 0 Å². The molecule has 0 aliphatic rings. The smallest absolute Gasteiger partial charge is 0.262 e. The standard InChI is InChI=1S/C21H23N3O2S/c1-4-12-24-20(26)17-10-5-6-11-18(17)23-21(24)27-15(3)19(25)22-16-9-7-8-14(2)13-16/h5-11,13,15H,4,12H2,1-3H3,(H,22,25)/t15-/m0/s1. The average molecular weight is 382 g/mol. The summed E-state index contributed by atoms with van der Waals surface area (Å²) in [6.07, 6.45) is 0.817. The zero-order valence-corrected chi connectivity index (χ0v) is 16.5. The van der Waals surface area contributed by atoms with E-state index in [9.17, 15) is 9.59 Å². The lowest BCUT2D eigenvalue weighted by molar-refractivity contribution is -0.115. The minimum absolute atomic E-state index is 0.0590. The second kappa shape index (κ2) is 8.39. The largest absolute Gasteiger partial charge is 0.325 e. The van der Waals surface area contributed by atoms with Crippen LogP contribution in [-0.2, 0) is 11.3 Å². The minimum Gasteiger partial charge on any atom is -0.325 e. The molecular formula is C21H23N3O2S. The zero-order valence-electron chi connectivity index (χ0n) is 15.7. The molecule has 0 aliphatic carbocycles. The number of aromatic nitrogens is 2. The van der Waals surface area contributed by atoms with Crippen molar-refractivity contribution in [2.45, 2.75) is 44.1 Å². The van der Waals surface area contributed by atoms with Crippen molar-refractivity contribution in [3.8, 4) is 0 Å². The number of rotatable bonds is 6. The molecule has 5 nitrogen and oxygen atoms in total. The molecule has 1 aromatic heterocycles. The molecule has 3 rings (SSSR count). The first-order chi connectivity index (χ1) is 13.0. The third-order valence-electron chi connectivity index (χ3n) is 4.21. The third kappa shape index (κ3) is 4.39. The number of carbonyl (C=O) groups excluding carboxylic acids is 1. The molecule has 0 saturated heterocycles. The van der Waals surface area contributed by atoms with Gasteiger partial charge in [-0.3, -0.25) is 14.2 Å². The molecule has 2 aromatic carbocycles. The van der Waals surface area contributed by atoms with Gasteiger partial charge in [0.15, 0.2) is 5.16 Å². The highest BCUT2D eigenvalue weighted by Crippen LogP contribution is 2.24. The Hall–Kier alpha value is -2.60. The van der Waals surface area contributed by atoms with Gasteiger partial charge in [-0.25, -0.2) is 4.98 Å². The second-order valence-corrected chi connectivity index (χ2v) is 7.80. The number of benzene rings is 2. The second-order valence-electron chi connectivity index (χ2n) is 6.49. The van der Waals surface area contributed by atoms with Crippen LogP contribution >= 0.6 is 11.8 Å². The Morgan fingerprint density at radius 1 is 1.22 bits per heavy atom. The van der Waals surface area contributed by atoms with Crippen LogP contribution in [0.1, 0.15) is 25.8 Å². The van der Waals surface area contributed by atoms with E-state index in [0.29, 0.717) is 22.6 Å². The van der Waals surface area contributed by atoms with E-state index in [1.807, 2.05) is 63.2 Å². The van der Waals surface area contributed by atoms with Crippen LogP contribution in [-0.4, -0.2) is 20.7 Å². The van der Waals surface area contributed by atoms with Crippen LogP contribution in [0.4, 0.5) is 5.69 Å². The van der Waals surface area contributed by atoms with E-state index in [4.69, 9.17) is 0 Å². The molecule has 0 aliphatic heterocycles. The first-order valence-electron chi connectivity index (χ1n) is 9.03. The van der Waals surface area contributed by atoms with E-state index >= 15 is 0 Å². The number of amides is 1. The number of aryl methyl sites for hydroxylation is 1. The molecule has 0 fully saturated rings. The van der Waals surface area contributed by atoms with E-state index in [1.54, 1.807) is 10.6 Å². The molecule has 3 aromatic rings. The first-order valence-corrected chi connectivity index (χ1v) is 9.91. The number of nitrogens with zero attached hydrogens (tertiary/aromatic N) is 2. The molecule has 0 spiro atoms. The van der Waals surface area contributed by atoms with Crippen molar-refractivity contribution in [1.82, 2.24) is 9.55 Å². The van der Waals surface area contributed by atoms with Gasteiger partial charge in [-0.1, -0.05) is 43.0 Å². The summed E-state index contributed by atoms with van der Waals surface area (Å²) in [5.74, 6) is -0.115. The summed E-state index contributed by atoms with van der Waals surface area (Å²) in [4.78, 5) is 30.1. The number of anilines is 1. The summed E-state index contributed by atoms with van der Waals surface area (Å²) >= 11 is 1.31. The molecule has 1 N–H and O–H groups in total. The molecule has 27 heavy (non-hydrogen) atoms. The molecule has 1 atom stereocenters. The van der Waals surface area contributed by atoms with E-state index in [2.05, 4.69) is 10.3 Å². The molecule has 0 saturated carbocycles. The van der Waals surface area contributed by atoms with Gasteiger partial charge >= 0.3 is 0 Å². The van der Waals surface area contributed by atoms with Gasteiger partial charge in [0, 0.05) is 12.2 Å². The van der Waals surface area contributed by atoms with Crippen molar-refractivity contribution in [1.29, 1.82) is 0 Å². The zero-order chi connectivity index (χ0) is 19.4. The number of nitrogens with one attached hydrogen (secondary N) is 1. The predicted octanol–water partition coefficient (Wildman–Crippen LogP) is 4.23. The van der Waals surface area contributed by atoms with Gasteiger partial charge in [-0.15, -0.1) is 0 Å². The number of hydrogen-bond donors (Lipinski definition) is 1. The Morgan fingerprint density at radius 3 is 2.74 bits per heavy atom. The number of fused-ring (bicyclic) bond motifs is 1. The molecule has 1 amide bonds. The Bertz CT molecular complexity index is 1030. The van der Waals surface area contributed by atoms with Gasteiger partial charge in [0.25, 0.3) is 5.56 Å². The fourth-order valence-electron chi connectivity index (χ4n) is 2.84. The van der Waals surface area contributed by atoms with Gasteiger partial charge < -0.3 is 5.32 Å². The summed E-state index contributed by atoms with van der Waals surface area (Å²) in [5.41, 5.74) is 2.45. The van der Waals surface area contributed by atoms with Crippen molar-refractivity contribution >= 4 is 34.3 Å². The molecular weight excluding hydrogens is 358 g/mol. The van der Waals surface area contributed by atoms with Gasteiger partial charge in [-0.05, 0) is 50.1 Å². The maximum absolute atomic E-state index is 12.8. The van der Waals surface area contributed by atoms with Crippen molar-refractivity contribution in [3.05, 3.63) is 64.4 Å². The van der Waals surface area contributed by atoms with Crippen LogP contribution in [0, 0.1) is 6.92 Å². The van der Waals surface area contributed by atoms with Crippen molar-refractivity contribution in [2.24, 2.45) is 0 Å². The Kier molecular flexibility index (Phi) is 5.96.